The Morgan fingerprint density at radius 2 is 2.10 bits per heavy atom. The minimum Gasteiger partial charge on any atom is -0.396 e. The lowest BCUT2D eigenvalue weighted by atomic mass is 10.0. The molecule has 0 bridgehead atoms. The van der Waals surface area contributed by atoms with Crippen LogP contribution >= 0.6 is 0 Å². The first-order chi connectivity index (χ1) is 9.86. The minimum atomic E-state index is 0.101. The van der Waals surface area contributed by atoms with Crippen LogP contribution in [0.25, 0.3) is 0 Å². The fourth-order valence-corrected chi connectivity index (χ4v) is 2.25. The number of rotatable bonds is 7. The summed E-state index contributed by atoms with van der Waals surface area (Å²) in [5.41, 5.74) is 1.16. The zero-order valence-electron chi connectivity index (χ0n) is 11.3. The van der Waals surface area contributed by atoms with E-state index in [1.807, 2.05) is 18.2 Å². The van der Waals surface area contributed by atoms with Crippen LogP contribution < -0.4 is 5.32 Å². The Bertz CT molecular complexity index is 537. The lowest BCUT2D eigenvalue weighted by molar-refractivity contribution is 0.264. The highest BCUT2D eigenvalue weighted by atomic mass is 16.5. The zero-order chi connectivity index (χ0) is 13.8. The van der Waals surface area contributed by atoms with Crippen molar-refractivity contribution in [3.8, 4) is 0 Å². The molecule has 0 spiro atoms. The highest BCUT2D eigenvalue weighted by Gasteiger charge is 2.29. The Morgan fingerprint density at radius 1 is 1.30 bits per heavy atom. The van der Waals surface area contributed by atoms with Crippen molar-refractivity contribution in [1.29, 1.82) is 0 Å². The van der Waals surface area contributed by atoms with Gasteiger partial charge >= 0.3 is 0 Å². The third-order valence-corrected chi connectivity index (χ3v) is 3.54. The summed E-state index contributed by atoms with van der Waals surface area (Å²) in [5.74, 6) is 1.93. The first-order valence-corrected chi connectivity index (χ1v) is 7.08. The molecule has 2 aromatic rings. The van der Waals surface area contributed by atoms with Crippen LogP contribution in [0.3, 0.4) is 0 Å². The SMILES string of the molecule is OCCC(NCc1noc(C2CC2)n1)c1ccccc1. The summed E-state index contributed by atoms with van der Waals surface area (Å²) in [7, 11) is 0. The quantitative estimate of drug-likeness (QED) is 0.809. The van der Waals surface area contributed by atoms with Gasteiger partial charge in [-0.15, -0.1) is 0 Å². The maximum atomic E-state index is 9.19. The molecule has 1 fully saturated rings. The van der Waals surface area contributed by atoms with E-state index in [0.717, 1.165) is 24.3 Å². The Kier molecular flexibility index (Phi) is 4.08. The number of aliphatic hydroxyl groups is 1. The van der Waals surface area contributed by atoms with Crippen molar-refractivity contribution in [3.63, 3.8) is 0 Å². The van der Waals surface area contributed by atoms with Crippen LogP contribution in [0.15, 0.2) is 34.9 Å². The highest BCUT2D eigenvalue weighted by molar-refractivity contribution is 5.18. The van der Waals surface area contributed by atoms with Crippen LogP contribution in [0.5, 0.6) is 0 Å². The Hall–Kier alpha value is -1.72. The molecule has 0 aliphatic heterocycles. The summed E-state index contributed by atoms with van der Waals surface area (Å²) in [4.78, 5) is 4.40. The van der Waals surface area contributed by atoms with Crippen molar-refractivity contribution in [2.75, 3.05) is 6.61 Å². The van der Waals surface area contributed by atoms with E-state index < -0.39 is 0 Å². The number of hydrogen-bond acceptors (Lipinski definition) is 5. The van der Waals surface area contributed by atoms with E-state index in [0.29, 0.717) is 24.7 Å². The number of nitrogens with one attached hydrogen (secondary N) is 1. The summed E-state index contributed by atoms with van der Waals surface area (Å²) < 4.78 is 5.24. The van der Waals surface area contributed by atoms with Crippen LogP contribution in [0, 0.1) is 0 Å². The molecule has 1 aliphatic rings. The maximum Gasteiger partial charge on any atom is 0.229 e. The Labute approximate surface area is 118 Å². The minimum absolute atomic E-state index is 0.101. The third kappa shape index (κ3) is 3.23. The van der Waals surface area contributed by atoms with Gasteiger partial charge in [-0.25, -0.2) is 0 Å². The van der Waals surface area contributed by atoms with Crippen LogP contribution in [0.2, 0.25) is 0 Å². The largest absolute Gasteiger partial charge is 0.396 e. The van der Waals surface area contributed by atoms with Gasteiger partial charge in [-0.1, -0.05) is 35.5 Å². The molecule has 2 N–H and O–H groups in total. The average Bonchev–Trinajstić information content (AvgIpc) is 3.24. The molecule has 20 heavy (non-hydrogen) atoms. The molecular formula is C15H19N3O2. The van der Waals surface area contributed by atoms with Gasteiger partial charge in [0.2, 0.25) is 5.89 Å². The van der Waals surface area contributed by atoms with E-state index in [4.69, 9.17) is 4.52 Å². The van der Waals surface area contributed by atoms with Crippen molar-refractivity contribution in [2.45, 2.75) is 37.8 Å². The summed E-state index contributed by atoms with van der Waals surface area (Å²) in [5, 5.41) is 16.6. The monoisotopic (exact) mass is 273 g/mol. The maximum absolute atomic E-state index is 9.19. The first-order valence-electron chi connectivity index (χ1n) is 7.08. The molecule has 1 atom stereocenters. The van der Waals surface area contributed by atoms with Crippen LogP contribution in [-0.2, 0) is 6.54 Å². The second-order valence-corrected chi connectivity index (χ2v) is 5.18. The summed E-state index contributed by atoms with van der Waals surface area (Å²) in [6.45, 7) is 0.696. The van der Waals surface area contributed by atoms with Gasteiger partial charge in [-0.2, -0.15) is 4.98 Å². The molecule has 1 unspecified atom stereocenters. The van der Waals surface area contributed by atoms with Gasteiger partial charge in [0, 0.05) is 18.6 Å². The molecule has 0 amide bonds. The van der Waals surface area contributed by atoms with Crippen LogP contribution in [0.4, 0.5) is 0 Å². The lowest BCUT2D eigenvalue weighted by Crippen LogP contribution is -2.22. The molecule has 1 saturated carbocycles. The highest BCUT2D eigenvalue weighted by Crippen LogP contribution is 2.38. The summed E-state index contributed by atoms with van der Waals surface area (Å²) >= 11 is 0. The van der Waals surface area contributed by atoms with Gasteiger partial charge in [0.05, 0.1) is 6.54 Å². The molecule has 1 aliphatic carbocycles. The average molecular weight is 273 g/mol. The van der Waals surface area contributed by atoms with E-state index in [1.54, 1.807) is 0 Å². The van der Waals surface area contributed by atoms with Gasteiger partial charge in [-0.05, 0) is 24.8 Å². The summed E-state index contributed by atoms with van der Waals surface area (Å²) in [6, 6.07) is 10.2. The third-order valence-electron chi connectivity index (χ3n) is 3.54. The fourth-order valence-electron chi connectivity index (χ4n) is 2.25. The normalized spacial score (nSPS) is 16.2. The van der Waals surface area contributed by atoms with Crippen molar-refractivity contribution >= 4 is 0 Å². The molecule has 3 rings (SSSR count). The molecule has 1 aromatic carbocycles. The smallest absolute Gasteiger partial charge is 0.229 e. The van der Waals surface area contributed by atoms with Gasteiger partial charge < -0.3 is 14.9 Å². The van der Waals surface area contributed by atoms with Gasteiger partial charge in [0.25, 0.3) is 0 Å². The first kappa shape index (κ1) is 13.3. The Morgan fingerprint density at radius 3 is 2.80 bits per heavy atom. The van der Waals surface area contributed by atoms with Crippen molar-refractivity contribution in [2.24, 2.45) is 0 Å². The standard InChI is InChI=1S/C15H19N3O2/c19-9-8-13(11-4-2-1-3-5-11)16-10-14-17-15(20-18-14)12-6-7-12/h1-5,12-13,16,19H,6-10H2. The lowest BCUT2D eigenvalue weighted by Gasteiger charge is -2.17. The Balaban J connectivity index is 1.61. The van der Waals surface area contributed by atoms with Crippen LogP contribution in [-0.4, -0.2) is 21.9 Å². The predicted octanol–water partition coefficient (Wildman–Crippen LogP) is 2.16. The number of hydrogen-bond donors (Lipinski definition) is 2. The molecule has 1 aromatic heterocycles. The van der Waals surface area contributed by atoms with E-state index >= 15 is 0 Å². The van der Waals surface area contributed by atoms with E-state index in [1.165, 1.54) is 0 Å². The summed E-state index contributed by atoms with van der Waals surface area (Å²) in [6.07, 6.45) is 2.98. The zero-order valence-corrected chi connectivity index (χ0v) is 11.3. The molecular weight excluding hydrogens is 254 g/mol. The van der Waals surface area contributed by atoms with Crippen LogP contribution in [0.1, 0.15) is 48.5 Å². The van der Waals surface area contributed by atoms with Crippen molar-refractivity contribution in [3.05, 3.63) is 47.6 Å². The second-order valence-electron chi connectivity index (χ2n) is 5.18. The molecule has 0 radical (unpaired) electrons. The van der Waals surface area contributed by atoms with Crippen molar-refractivity contribution in [1.82, 2.24) is 15.5 Å². The second kappa shape index (κ2) is 6.15. The number of nitrogens with zero attached hydrogens (tertiary/aromatic N) is 2. The molecule has 1 heterocycles. The topological polar surface area (TPSA) is 71.2 Å². The molecule has 0 saturated heterocycles. The predicted molar refractivity (Wildman–Crippen MR) is 74.0 cm³/mol. The van der Waals surface area contributed by atoms with Gasteiger partial charge in [0.15, 0.2) is 5.82 Å². The molecule has 106 valence electrons. The van der Waals surface area contributed by atoms with Crippen molar-refractivity contribution < 1.29 is 9.63 Å². The fraction of sp³-hybridized carbons (Fsp3) is 0.467. The van der Waals surface area contributed by atoms with E-state index in [9.17, 15) is 5.11 Å². The van der Waals surface area contributed by atoms with Gasteiger partial charge in [0.1, 0.15) is 0 Å². The molecule has 5 nitrogen and oxygen atoms in total. The van der Waals surface area contributed by atoms with E-state index in [2.05, 4.69) is 27.6 Å². The number of benzene rings is 1. The van der Waals surface area contributed by atoms with Gasteiger partial charge in [-0.3, -0.25) is 0 Å². The number of aromatic nitrogens is 2. The number of aliphatic hydroxyl groups excluding tert-OH is 1. The molecule has 5 heteroatoms. The van der Waals surface area contributed by atoms with E-state index in [-0.39, 0.29) is 12.6 Å².